The minimum absolute atomic E-state index is 0.00670. The van der Waals surface area contributed by atoms with E-state index in [-0.39, 0.29) is 23.4 Å². The number of nitrogens with one attached hydrogen (secondary N) is 1. The van der Waals surface area contributed by atoms with E-state index < -0.39 is 29.3 Å². The molecule has 4 rings (SSSR count). The summed E-state index contributed by atoms with van der Waals surface area (Å²) in [6.07, 6.45) is 2.23. The van der Waals surface area contributed by atoms with E-state index in [4.69, 9.17) is 9.47 Å². The van der Waals surface area contributed by atoms with Crippen molar-refractivity contribution in [3.63, 3.8) is 0 Å². The lowest BCUT2D eigenvalue weighted by molar-refractivity contribution is -0.140. The summed E-state index contributed by atoms with van der Waals surface area (Å²) in [6, 6.07) is 10.3. The number of benzene rings is 2. The topological polar surface area (TPSA) is 91.9 Å². The van der Waals surface area contributed by atoms with E-state index in [2.05, 4.69) is 4.98 Å². The smallest absolute Gasteiger partial charge is 0.295 e. The number of ether oxygens (including phenoxy) is 2. The molecule has 8 heteroatoms. The highest BCUT2D eigenvalue weighted by molar-refractivity contribution is 6.46. The summed E-state index contributed by atoms with van der Waals surface area (Å²) in [5.74, 6) is -2.46. The Morgan fingerprint density at radius 2 is 1.97 bits per heavy atom. The van der Waals surface area contributed by atoms with Gasteiger partial charge in [0.05, 0.1) is 24.3 Å². The molecule has 7 nitrogen and oxygen atoms in total. The Morgan fingerprint density at radius 1 is 1.19 bits per heavy atom. The first-order valence-corrected chi connectivity index (χ1v) is 10.1. The lowest BCUT2D eigenvalue weighted by Gasteiger charge is -2.25. The Balaban J connectivity index is 1.93. The fourth-order valence-electron chi connectivity index (χ4n) is 4.14. The van der Waals surface area contributed by atoms with Crippen LogP contribution < -0.4 is 4.74 Å². The molecule has 0 radical (unpaired) electrons. The molecule has 1 fully saturated rings. The quantitative estimate of drug-likeness (QED) is 0.254. The zero-order chi connectivity index (χ0) is 22.8. The Bertz CT molecular complexity index is 1220. The summed E-state index contributed by atoms with van der Waals surface area (Å²) in [4.78, 5) is 30.7. The summed E-state index contributed by atoms with van der Waals surface area (Å²) in [7, 11) is 2.94. The molecule has 32 heavy (non-hydrogen) atoms. The van der Waals surface area contributed by atoms with E-state index in [1.54, 1.807) is 13.3 Å². The van der Waals surface area contributed by atoms with Crippen molar-refractivity contribution in [1.82, 2.24) is 9.88 Å². The Hall–Kier alpha value is -3.65. The fourth-order valence-corrected chi connectivity index (χ4v) is 4.14. The van der Waals surface area contributed by atoms with Gasteiger partial charge in [0.15, 0.2) is 0 Å². The van der Waals surface area contributed by atoms with E-state index in [1.807, 2.05) is 24.3 Å². The number of carbonyl (C=O) groups excluding carboxylic acids is 2. The highest BCUT2D eigenvalue weighted by atomic mass is 19.1. The summed E-state index contributed by atoms with van der Waals surface area (Å²) in [6.45, 7) is 0.654. The number of aliphatic hydroxyl groups is 1. The SMILES string of the molecule is COCCCN1C(=O)C(=O)/C(=C(/O)c2cc(F)ccc2OC)C1c1c[nH]c2ccccc12. The number of Topliss-reactive ketones (excluding diaryl/α,β-unsaturated/α-hetero) is 1. The minimum Gasteiger partial charge on any atom is -0.507 e. The van der Waals surface area contributed by atoms with E-state index in [1.165, 1.54) is 24.1 Å². The van der Waals surface area contributed by atoms with Crippen molar-refractivity contribution in [2.45, 2.75) is 12.5 Å². The second kappa shape index (κ2) is 8.84. The molecule has 2 heterocycles. The molecule has 1 aliphatic heterocycles. The second-order valence-corrected chi connectivity index (χ2v) is 7.47. The standard InChI is InChI=1S/C24H23FN2O5/c1-31-11-5-10-27-21(17-13-26-18-7-4-3-6-15(17)18)20(23(29)24(27)30)22(28)16-12-14(25)8-9-19(16)32-2/h3-4,6-9,12-13,21,26,28H,5,10-11H2,1-2H3/b22-20+. The van der Waals surface area contributed by atoms with Crippen LogP contribution in [-0.4, -0.2) is 54.1 Å². The van der Waals surface area contributed by atoms with Crippen molar-refractivity contribution in [3.8, 4) is 5.75 Å². The molecular formula is C24H23FN2O5. The van der Waals surface area contributed by atoms with Crippen molar-refractivity contribution in [2.75, 3.05) is 27.4 Å². The van der Waals surface area contributed by atoms with E-state index in [0.29, 0.717) is 18.6 Å². The number of aromatic amines is 1. The number of rotatable bonds is 7. The van der Waals surface area contributed by atoms with Gasteiger partial charge in [0, 0.05) is 42.9 Å². The second-order valence-electron chi connectivity index (χ2n) is 7.47. The zero-order valence-corrected chi connectivity index (χ0v) is 17.7. The van der Waals surface area contributed by atoms with Gasteiger partial charge < -0.3 is 24.5 Å². The third-order valence-electron chi connectivity index (χ3n) is 5.62. The largest absolute Gasteiger partial charge is 0.507 e. The number of para-hydroxylation sites is 1. The molecule has 1 unspecified atom stereocenters. The maximum atomic E-state index is 14.0. The van der Waals surface area contributed by atoms with Crippen LogP contribution in [-0.2, 0) is 14.3 Å². The molecule has 1 aromatic heterocycles. The summed E-state index contributed by atoms with van der Waals surface area (Å²) < 4.78 is 24.3. The number of aliphatic hydroxyl groups excluding tert-OH is 1. The van der Waals surface area contributed by atoms with Crippen LogP contribution in [0.4, 0.5) is 4.39 Å². The molecule has 1 saturated heterocycles. The van der Waals surface area contributed by atoms with E-state index >= 15 is 0 Å². The third kappa shape index (κ3) is 3.62. The number of hydrogen-bond donors (Lipinski definition) is 2. The van der Waals surface area contributed by atoms with E-state index in [9.17, 15) is 19.1 Å². The number of H-pyrrole nitrogens is 1. The average molecular weight is 438 g/mol. The van der Waals surface area contributed by atoms with Gasteiger partial charge in [-0.15, -0.1) is 0 Å². The first-order chi connectivity index (χ1) is 15.5. The minimum atomic E-state index is -0.851. The van der Waals surface area contributed by atoms with Crippen LogP contribution in [0.25, 0.3) is 16.7 Å². The number of hydrogen-bond acceptors (Lipinski definition) is 5. The molecule has 2 aromatic carbocycles. The number of fused-ring (bicyclic) bond motifs is 1. The van der Waals surface area contributed by atoms with Gasteiger partial charge in [-0.25, -0.2) is 4.39 Å². The maximum absolute atomic E-state index is 14.0. The van der Waals surface area contributed by atoms with Crippen LogP contribution in [0.2, 0.25) is 0 Å². The van der Waals surface area contributed by atoms with Crippen LogP contribution in [0, 0.1) is 5.82 Å². The molecule has 1 amide bonds. The predicted octanol–water partition coefficient (Wildman–Crippen LogP) is 3.77. The molecule has 1 aliphatic rings. The predicted molar refractivity (Wildman–Crippen MR) is 117 cm³/mol. The molecule has 0 spiro atoms. The number of amides is 1. The molecule has 1 atom stereocenters. The van der Waals surface area contributed by atoms with Crippen molar-refractivity contribution in [3.05, 3.63) is 71.2 Å². The normalized spacial score (nSPS) is 18.0. The Morgan fingerprint density at radius 3 is 2.72 bits per heavy atom. The number of ketones is 1. The van der Waals surface area contributed by atoms with Gasteiger partial charge in [-0.2, -0.15) is 0 Å². The number of methoxy groups -OCH3 is 2. The van der Waals surface area contributed by atoms with Crippen molar-refractivity contribution in [1.29, 1.82) is 0 Å². The fraction of sp³-hybridized carbons (Fsp3) is 0.250. The molecule has 0 saturated carbocycles. The van der Waals surface area contributed by atoms with Crippen molar-refractivity contribution < 1.29 is 28.6 Å². The Kier molecular flexibility index (Phi) is 5.96. The van der Waals surface area contributed by atoms with Crippen molar-refractivity contribution in [2.24, 2.45) is 0 Å². The number of likely N-dealkylation sites (tertiary alicyclic amines) is 1. The molecule has 2 N–H and O–H groups in total. The lowest BCUT2D eigenvalue weighted by atomic mass is 9.94. The number of carbonyl (C=O) groups is 2. The number of nitrogens with zero attached hydrogens (tertiary/aromatic N) is 1. The monoisotopic (exact) mass is 438 g/mol. The molecule has 166 valence electrons. The maximum Gasteiger partial charge on any atom is 0.295 e. The molecular weight excluding hydrogens is 415 g/mol. The van der Waals surface area contributed by atoms with Gasteiger partial charge in [-0.1, -0.05) is 18.2 Å². The first kappa shape index (κ1) is 21.6. The molecule has 0 bridgehead atoms. The van der Waals surface area contributed by atoms with Crippen LogP contribution >= 0.6 is 0 Å². The Labute approximate surface area is 184 Å². The van der Waals surface area contributed by atoms with Gasteiger partial charge in [-0.3, -0.25) is 9.59 Å². The van der Waals surface area contributed by atoms with Crippen LogP contribution in [0.1, 0.15) is 23.6 Å². The summed E-state index contributed by atoms with van der Waals surface area (Å²) >= 11 is 0. The highest BCUT2D eigenvalue weighted by Gasteiger charge is 2.46. The average Bonchev–Trinajstić information content (AvgIpc) is 3.33. The van der Waals surface area contributed by atoms with Crippen molar-refractivity contribution >= 4 is 28.4 Å². The van der Waals surface area contributed by atoms with Crippen LogP contribution in [0.15, 0.2) is 54.2 Å². The van der Waals surface area contributed by atoms with Gasteiger partial charge in [0.1, 0.15) is 17.3 Å². The highest BCUT2D eigenvalue weighted by Crippen LogP contribution is 2.43. The van der Waals surface area contributed by atoms with Gasteiger partial charge >= 0.3 is 0 Å². The molecule has 0 aliphatic carbocycles. The summed E-state index contributed by atoms with van der Waals surface area (Å²) in [5, 5.41) is 12.0. The lowest BCUT2D eigenvalue weighted by Crippen LogP contribution is -2.31. The van der Waals surface area contributed by atoms with E-state index in [0.717, 1.165) is 17.0 Å². The van der Waals surface area contributed by atoms with Gasteiger partial charge in [-0.05, 0) is 30.7 Å². The van der Waals surface area contributed by atoms with Gasteiger partial charge in [0.25, 0.3) is 11.7 Å². The summed E-state index contributed by atoms with van der Waals surface area (Å²) in [5.41, 5.74) is 1.38. The van der Waals surface area contributed by atoms with Gasteiger partial charge in [0.2, 0.25) is 0 Å². The van der Waals surface area contributed by atoms with Crippen LogP contribution in [0.3, 0.4) is 0 Å². The van der Waals surface area contributed by atoms with Crippen LogP contribution in [0.5, 0.6) is 5.75 Å². The first-order valence-electron chi connectivity index (χ1n) is 10.1. The third-order valence-corrected chi connectivity index (χ3v) is 5.62. The zero-order valence-electron chi connectivity index (χ0n) is 17.7. The molecule has 3 aromatic rings. The number of aromatic nitrogens is 1. The number of halogens is 1.